The standard InChI is InChI=1S/C12H12F3NS/c1-2-3-8-16-9-10-4-6-11(7-5-10)17-12(13,14)15/h1,4-7,16H,3,8-9H2. The van der Waals surface area contributed by atoms with Gasteiger partial charge in [-0.25, -0.2) is 0 Å². The predicted octanol–water partition coefficient (Wildman–Crippen LogP) is 3.41. The summed E-state index contributed by atoms with van der Waals surface area (Å²) in [6.45, 7) is 1.31. The van der Waals surface area contributed by atoms with Gasteiger partial charge in [-0.1, -0.05) is 12.1 Å². The average Bonchev–Trinajstić information content (AvgIpc) is 2.25. The molecule has 0 heterocycles. The summed E-state index contributed by atoms with van der Waals surface area (Å²) < 4.78 is 36.2. The van der Waals surface area contributed by atoms with Crippen molar-refractivity contribution in [3.63, 3.8) is 0 Å². The van der Waals surface area contributed by atoms with E-state index in [1.54, 1.807) is 12.1 Å². The number of alkyl halides is 3. The summed E-state index contributed by atoms with van der Waals surface area (Å²) in [6, 6.07) is 6.29. The van der Waals surface area contributed by atoms with Crippen LogP contribution in [0.1, 0.15) is 12.0 Å². The van der Waals surface area contributed by atoms with E-state index < -0.39 is 5.51 Å². The van der Waals surface area contributed by atoms with Gasteiger partial charge in [-0.3, -0.25) is 0 Å². The largest absolute Gasteiger partial charge is 0.446 e. The number of hydrogen-bond acceptors (Lipinski definition) is 2. The molecule has 0 bridgehead atoms. The van der Waals surface area contributed by atoms with Crippen molar-refractivity contribution in [3.8, 4) is 12.3 Å². The van der Waals surface area contributed by atoms with E-state index in [0.29, 0.717) is 19.5 Å². The van der Waals surface area contributed by atoms with Crippen molar-refractivity contribution in [3.05, 3.63) is 29.8 Å². The number of thioether (sulfide) groups is 1. The zero-order valence-electron chi connectivity index (χ0n) is 9.05. The summed E-state index contributed by atoms with van der Waals surface area (Å²) >= 11 is -0.106. The lowest BCUT2D eigenvalue weighted by Crippen LogP contribution is -2.13. The number of benzene rings is 1. The number of hydrogen-bond donors (Lipinski definition) is 1. The summed E-state index contributed by atoms with van der Waals surface area (Å²) in [5.74, 6) is 2.50. The maximum Gasteiger partial charge on any atom is 0.446 e. The van der Waals surface area contributed by atoms with Gasteiger partial charge in [0.15, 0.2) is 0 Å². The zero-order valence-corrected chi connectivity index (χ0v) is 9.87. The van der Waals surface area contributed by atoms with E-state index >= 15 is 0 Å². The van der Waals surface area contributed by atoms with Crippen LogP contribution in [0.25, 0.3) is 0 Å². The second-order valence-electron chi connectivity index (χ2n) is 3.32. The molecule has 0 aliphatic rings. The first-order valence-corrected chi connectivity index (χ1v) is 5.82. The van der Waals surface area contributed by atoms with Crippen LogP contribution in [-0.4, -0.2) is 12.1 Å². The van der Waals surface area contributed by atoms with Crippen molar-refractivity contribution in [2.24, 2.45) is 0 Å². The second-order valence-corrected chi connectivity index (χ2v) is 4.46. The van der Waals surface area contributed by atoms with Crippen molar-refractivity contribution in [1.29, 1.82) is 0 Å². The van der Waals surface area contributed by atoms with Gasteiger partial charge in [0.25, 0.3) is 0 Å². The zero-order chi connectivity index (χ0) is 12.7. The number of terminal acetylenes is 1. The molecule has 1 rings (SSSR count). The Balaban J connectivity index is 2.43. The molecule has 0 aliphatic heterocycles. The van der Waals surface area contributed by atoms with E-state index in [2.05, 4.69) is 11.2 Å². The molecule has 0 unspecified atom stereocenters. The minimum absolute atomic E-state index is 0.106. The maximum absolute atomic E-state index is 12.1. The number of nitrogens with one attached hydrogen (secondary N) is 1. The van der Waals surface area contributed by atoms with Crippen LogP contribution in [0.5, 0.6) is 0 Å². The van der Waals surface area contributed by atoms with Gasteiger partial charge in [-0.2, -0.15) is 13.2 Å². The third-order valence-electron chi connectivity index (χ3n) is 1.93. The van der Waals surface area contributed by atoms with Crippen molar-refractivity contribution in [2.45, 2.75) is 23.4 Å². The van der Waals surface area contributed by atoms with E-state index in [1.165, 1.54) is 12.1 Å². The quantitative estimate of drug-likeness (QED) is 0.494. The summed E-state index contributed by atoms with van der Waals surface area (Å²) in [4.78, 5) is 0.199. The Morgan fingerprint density at radius 3 is 2.41 bits per heavy atom. The molecule has 1 aromatic rings. The third kappa shape index (κ3) is 6.25. The van der Waals surface area contributed by atoms with Crippen LogP contribution in [0.3, 0.4) is 0 Å². The Hall–Kier alpha value is -1.12. The highest BCUT2D eigenvalue weighted by Crippen LogP contribution is 2.36. The first-order chi connectivity index (χ1) is 8.01. The molecule has 0 aromatic heterocycles. The highest BCUT2D eigenvalue weighted by Gasteiger charge is 2.28. The monoisotopic (exact) mass is 259 g/mol. The van der Waals surface area contributed by atoms with E-state index in [0.717, 1.165) is 5.56 Å². The topological polar surface area (TPSA) is 12.0 Å². The lowest BCUT2D eigenvalue weighted by Gasteiger charge is -2.07. The first kappa shape index (κ1) is 13.9. The summed E-state index contributed by atoms with van der Waals surface area (Å²) in [6.07, 6.45) is 5.73. The minimum Gasteiger partial charge on any atom is -0.312 e. The average molecular weight is 259 g/mol. The third-order valence-corrected chi connectivity index (χ3v) is 2.67. The van der Waals surface area contributed by atoms with Crippen LogP contribution in [0.2, 0.25) is 0 Å². The molecule has 1 aromatic carbocycles. The Morgan fingerprint density at radius 1 is 1.24 bits per heavy atom. The van der Waals surface area contributed by atoms with E-state index in [4.69, 9.17) is 6.42 Å². The van der Waals surface area contributed by atoms with Gasteiger partial charge >= 0.3 is 5.51 Å². The summed E-state index contributed by atoms with van der Waals surface area (Å²) in [5, 5.41) is 3.10. The molecule has 17 heavy (non-hydrogen) atoms. The van der Waals surface area contributed by atoms with Gasteiger partial charge < -0.3 is 5.32 Å². The smallest absolute Gasteiger partial charge is 0.312 e. The van der Waals surface area contributed by atoms with Crippen molar-refractivity contribution in [2.75, 3.05) is 6.54 Å². The normalized spacial score (nSPS) is 11.2. The van der Waals surface area contributed by atoms with Crippen LogP contribution >= 0.6 is 11.8 Å². The number of halogens is 3. The van der Waals surface area contributed by atoms with Crippen molar-refractivity contribution < 1.29 is 13.2 Å². The van der Waals surface area contributed by atoms with Crippen LogP contribution in [-0.2, 0) is 6.54 Å². The molecule has 1 nitrogen and oxygen atoms in total. The van der Waals surface area contributed by atoms with E-state index in [-0.39, 0.29) is 16.7 Å². The van der Waals surface area contributed by atoms with Crippen LogP contribution in [0.4, 0.5) is 13.2 Å². The summed E-state index contributed by atoms with van der Waals surface area (Å²) in [5.41, 5.74) is -3.29. The Kier molecular flexibility index (Phi) is 5.39. The predicted molar refractivity (Wildman–Crippen MR) is 63.5 cm³/mol. The second kappa shape index (κ2) is 6.58. The Morgan fingerprint density at radius 2 is 1.88 bits per heavy atom. The van der Waals surface area contributed by atoms with E-state index in [1.807, 2.05) is 0 Å². The maximum atomic E-state index is 12.1. The highest BCUT2D eigenvalue weighted by molar-refractivity contribution is 8.00. The van der Waals surface area contributed by atoms with E-state index in [9.17, 15) is 13.2 Å². The molecule has 1 N–H and O–H groups in total. The van der Waals surface area contributed by atoms with Gasteiger partial charge in [0, 0.05) is 24.4 Å². The van der Waals surface area contributed by atoms with Gasteiger partial charge in [0.05, 0.1) is 0 Å². The summed E-state index contributed by atoms with van der Waals surface area (Å²) in [7, 11) is 0. The van der Waals surface area contributed by atoms with Gasteiger partial charge in [-0.15, -0.1) is 12.3 Å². The van der Waals surface area contributed by atoms with Crippen LogP contribution < -0.4 is 5.32 Å². The fraction of sp³-hybridized carbons (Fsp3) is 0.333. The molecule has 0 saturated carbocycles. The molecular weight excluding hydrogens is 247 g/mol. The fourth-order valence-electron chi connectivity index (χ4n) is 1.20. The van der Waals surface area contributed by atoms with Crippen molar-refractivity contribution >= 4 is 11.8 Å². The van der Waals surface area contributed by atoms with Gasteiger partial charge in [0.2, 0.25) is 0 Å². The van der Waals surface area contributed by atoms with Gasteiger partial charge in [0.1, 0.15) is 0 Å². The molecule has 0 aliphatic carbocycles. The lowest BCUT2D eigenvalue weighted by molar-refractivity contribution is -0.0328. The Labute approximate surface area is 103 Å². The molecule has 0 radical (unpaired) electrons. The van der Waals surface area contributed by atoms with Crippen molar-refractivity contribution in [1.82, 2.24) is 5.32 Å². The molecule has 0 amide bonds. The van der Waals surface area contributed by atoms with Crippen LogP contribution in [0.15, 0.2) is 29.2 Å². The van der Waals surface area contributed by atoms with Gasteiger partial charge in [-0.05, 0) is 29.5 Å². The molecule has 0 spiro atoms. The molecule has 0 atom stereocenters. The van der Waals surface area contributed by atoms with Crippen LogP contribution in [0, 0.1) is 12.3 Å². The Bertz CT molecular complexity index is 378. The SMILES string of the molecule is C#CCCNCc1ccc(SC(F)(F)F)cc1. The highest BCUT2D eigenvalue weighted by atomic mass is 32.2. The number of rotatable bonds is 5. The molecule has 92 valence electrons. The lowest BCUT2D eigenvalue weighted by atomic mass is 10.2. The molecule has 0 fully saturated rings. The minimum atomic E-state index is -4.23. The molecule has 5 heteroatoms. The molecule has 0 saturated heterocycles. The fourth-order valence-corrected chi connectivity index (χ4v) is 1.74. The first-order valence-electron chi connectivity index (χ1n) is 5.00. The molecular formula is C12H12F3NS.